The molecule has 1 saturated heterocycles. The van der Waals surface area contributed by atoms with Gasteiger partial charge in [-0.1, -0.05) is 6.92 Å². The van der Waals surface area contributed by atoms with Crippen LogP contribution in [0.4, 0.5) is 13.2 Å². The van der Waals surface area contributed by atoms with Gasteiger partial charge in [-0.05, 0) is 12.8 Å². The first kappa shape index (κ1) is 14.7. The van der Waals surface area contributed by atoms with Crippen molar-refractivity contribution in [1.82, 2.24) is 4.31 Å². The molecule has 0 radical (unpaired) electrons. The van der Waals surface area contributed by atoms with Gasteiger partial charge in [0, 0.05) is 18.5 Å². The Bertz CT molecular complexity index is 371. The summed E-state index contributed by atoms with van der Waals surface area (Å²) in [6, 6.07) is 0. The summed E-state index contributed by atoms with van der Waals surface area (Å²) in [6.45, 7) is 1.37. The molecule has 0 amide bonds. The Morgan fingerprint density at radius 1 is 1.29 bits per heavy atom. The van der Waals surface area contributed by atoms with E-state index in [0.29, 0.717) is 0 Å². The van der Waals surface area contributed by atoms with E-state index >= 15 is 0 Å². The van der Waals surface area contributed by atoms with E-state index < -0.39 is 27.7 Å². The fourth-order valence-electron chi connectivity index (χ4n) is 2.00. The van der Waals surface area contributed by atoms with Gasteiger partial charge in [-0.3, -0.25) is 0 Å². The maximum atomic E-state index is 12.4. The van der Waals surface area contributed by atoms with Gasteiger partial charge in [0.1, 0.15) is 0 Å². The second-order valence-corrected chi connectivity index (χ2v) is 6.74. The lowest BCUT2D eigenvalue weighted by Gasteiger charge is -2.41. The first-order valence-electron chi connectivity index (χ1n) is 5.17. The van der Waals surface area contributed by atoms with Crippen LogP contribution in [0, 0.1) is 5.41 Å². The molecule has 8 heteroatoms. The zero-order valence-electron chi connectivity index (χ0n) is 9.66. The third kappa shape index (κ3) is 3.32. The topological polar surface area (TPSA) is 57.6 Å². The van der Waals surface area contributed by atoms with Crippen LogP contribution < -0.4 is 0 Å². The first-order chi connectivity index (χ1) is 7.47. The minimum Gasteiger partial charge on any atom is -0.383 e. The van der Waals surface area contributed by atoms with E-state index in [4.69, 9.17) is 0 Å². The van der Waals surface area contributed by atoms with E-state index in [-0.39, 0.29) is 25.9 Å². The standard InChI is InChI=1S/C9H16F3NO3S/c1-8(7(14)9(10,11)12)3-5-13(6-4-8)17(2,15)16/h7,14H,3-6H2,1-2H3. The molecule has 0 bridgehead atoms. The van der Waals surface area contributed by atoms with Crippen LogP contribution in [0.15, 0.2) is 0 Å². The lowest BCUT2D eigenvalue weighted by atomic mass is 9.76. The molecule has 0 aromatic rings. The largest absolute Gasteiger partial charge is 0.414 e. The highest BCUT2D eigenvalue weighted by molar-refractivity contribution is 7.88. The molecular formula is C9H16F3NO3S. The van der Waals surface area contributed by atoms with Crippen LogP contribution in [0.5, 0.6) is 0 Å². The summed E-state index contributed by atoms with van der Waals surface area (Å²) in [5.74, 6) is 0. The van der Waals surface area contributed by atoms with Gasteiger partial charge in [-0.2, -0.15) is 13.2 Å². The Hall–Kier alpha value is -0.340. The SMILES string of the molecule is CC1(C(O)C(F)(F)F)CCN(S(C)(=O)=O)CC1. The Kier molecular flexibility index (Phi) is 3.81. The zero-order valence-corrected chi connectivity index (χ0v) is 10.5. The summed E-state index contributed by atoms with van der Waals surface area (Å²) >= 11 is 0. The minimum absolute atomic E-state index is 0.000741. The molecule has 17 heavy (non-hydrogen) atoms. The van der Waals surface area contributed by atoms with Crippen LogP contribution in [0.1, 0.15) is 19.8 Å². The fourth-order valence-corrected chi connectivity index (χ4v) is 2.84. The number of aliphatic hydroxyl groups excluding tert-OH is 1. The molecule has 102 valence electrons. The number of aliphatic hydroxyl groups is 1. The van der Waals surface area contributed by atoms with Crippen molar-refractivity contribution in [3.8, 4) is 0 Å². The maximum absolute atomic E-state index is 12.4. The number of halogens is 3. The Balaban J connectivity index is 2.74. The Labute approximate surface area is 98.5 Å². The van der Waals surface area contributed by atoms with Crippen LogP contribution in [0.25, 0.3) is 0 Å². The fraction of sp³-hybridized carbons (Fsp3) is 1.00. The van der Waals surface area contributed by atoms with Gasteiger partial charge in [0.05, 0.1) is 6.26 Å². The van der Waals surface area contributed by atoms with Gasteiger partial charge in [-0.15, -0.1) is 0 Å². The van der Waals surface area contributed by atoms with Gasteiger partial charge < -0.3 is 5.11 Å². The molecule has 0 saturated carbocycles. The number of nitrogens with zero attached hydrogens (tertiary/aromatic N) is 1. The van der Waals surface area contributed by atoms with Crippen molar-refractivity contribution in [1.29, 1.82) is 0 Å². The third-order valence-electron chi connectivity index (χ3n) is 3.30. The molecule has 0 spiro atoms. The predicted molar refractivity (Wildman–Crippen MR) is 55.8 cm³/mol. The highest BCUT2D eigenvalue weighted by Crippen LogP contribution is 2.41. The van der Waals surface area contributed by atoms with Crippen molar-refractivity contribution < 1.29 is 26.7 Å². The number of alkyl halides is 3. The van der Waals surface area contributed by atoms with Crippen molar-refractivity contribution in [2.24, 2.45) is 5.41 Å². The molecule has 1 heterocycles. The molecule has 0 aliphatic carbocycles. The van der Waals surface area contributed by atoms with Crippen LogP contribution in [0.3, 0.4) is 0 Å². The van der Waals surface area contributed by atoms with Gasteiger partial charge in [0.15, 0.2) is 6.10 Å². The summed E-state index contributed by atoms with van der Waals surface area (Å²) in [5.41, 5.74) is -1.31. The Morgan fingerprint density at radius 2 is 1.71 bits per heavy atom. The third-order valence-corrected chi connectivity index (χ3v) is 4.61. The summed E-state index contributed by atoms with van der Waals surface area (Å²) < 4.78 is 60.8. The monoisotopic (exact) mass is 275 g/mol. The normalized spacial score (nSPS) is 24.6. The van der Waals surface area contributed by atoms with Crippen molar-refractivity contribution in [2.75, 3.05) is 19.3 Å². The van der Waals surface area contributed by atoms with Crippen LogP contribution in [0.2, 0.25) is 0 Å². The molecule has 1 N–H and O–H groups in total. The van der Waals surface area contributed by atoms with Crippen molar-refractivity contribution in [3.05, 3.63) is 0 Å². The smallest absolute Gasteiger partial charge is 0.383 e. The Morgan fingerprint density at radius 3 is 2.00 bits per heavy atom. The zero-order chi connectivity index (χ0) is 13.5. The number of rotatable bonds is 2. The number of piperidine rings is 1. The lowest BCUT2D eigenvalue weighted by Crippen LogP contribution is -2.51. The van der Waals surface area contributed by atoms with Crippen LogP contribution in [-0.4, -0.2) is 49.5 Å². The van der Waals surface area contributed by atoms with E-state index in [9.17, 15) is 26.7 Å². The quantitative estimate of drug-likeness (QED) is 0.817. The number of sulfonamides is 1. The van der Waals surface area contributed by atoms with Crippen molar-refractivity contribution >= 4 is 10.0 Å². The predicted octanol–water partition coefficient (Wildman–Crippen LogP) is 0.971. The highest BCUT2D eigenvalue weighted by Gasteiger charge is 2.51. The van der Waals surface area contributed by atoms with Gasteiger partial charge in [0.25, 0.3) is 0 Å². The molecule has 0 aromatic heterocycles. The second kappa shape index (κ2) is 4.40. The highest BCUT2D eigenvalue weighted by atomic mass is 32.2. The maximum Gasteiger partial charge on any atom is 0.414 e. The number of hydrogen-bond acceptors (Lipinski definition) is 3. The van der Waals surface area contributed by atoms with Gasteiger partial charge >= 0.3 is 6.18 Å². The molecule has 1 aliphatic heterocycles. The van der Waals surface area contributed by atoms with Crippen molar-refractivity contribution in [3.63, 3.8) is 0 Å². The summed E-state index contributed by atoms with van der Waals surface area (Å²) in [5, 5.41) is 9.27. The van der Waals surface area contributed by atoms with Gasteiger partial charge in [-0.25, -0.2) is 12.7 Å². The molecule has 1 rings (SSSR count). The summed E-state index contributed by atoms with van der Waals surface area (Å²) in [7, 11) is -3.37. The summed E-state index contributed by atoms with van der Waals surface area (Å²) in [4.78, 5) is 0. The molecule has 0 aromatic carbocycles. The molecule has 1 atom stereocenters. The molecule has 1 fully saturated rings. The van der Waals surface area contributed by atoms with E-state index in [2.05, 4.69) is 0 Å². The molecular weight excluding hydrogens is 259 g/mol. The van der Waals surface area contributed by atoms with Crippen LogP contribution >= 0.6 is 0 Å². The second-order valence-electron chi connectivity index (χ2n) is 4.76. The average molecular weight is 275 g/mol. The van der Waals surface area contributed by atoms with Gasteiger partial charge in [0.2, 0.25) is 10.0 Å². The van der Waals surface area contributed by atoms with Crippen molar-refractivity contribution in [2.45, 2.75) is 32.0 Å². The summed E-state index contributed by atoms with van der Waals surface area (Å²) in [6.07, 6.45) is -6.05. The van der Waals surface area contributed by atoms with E-state index in [1.165, 1.54) is 6.92 Å². The molecule has 1 unspecified atom stereocenters. The number of hydrogen-bond donors (Lipinski definition) is 1. The molecule has 1 aliphatic rings. The first-order valence-corrected chi connectivity index (χ1v) is 7.01. The minimum atomic E-state index is -4.66. The van der Waals surface area contributed by atoms with E-state index in [1.807, 2.05) is 0 Å². The molecule has 4 nitrogen and oxygen atoms in total. The van der Waals surface area contributed by atoms with Crippen LogP contribution in [-0.2, 0) is 10.0 Å². The van der Waals surface area contributed by atoms with E-state index in [1.54, 1.807) is 0 Å². The lowest BCUT2D eigenvalue weighted by molar-refractivity contribution is -0.241. The average Bonchev–Trinajstić information content (AvgIpc) is 2.14. The van der Waals surface area contributed by atoms with E-state index in [0.717, 1.165) is 10.6 Å².